The van der Waals surface area contributed by atoms with Gasteiger partial charge in [0.25, 0.3) is 0 Å². The van der Waals surface area contributed by atoms with Crippen molar-refractivity contribution in [2.45, 2.75) is 82.6 Å². The number of rotatable bonds is 6. The molecule has 0 radical (unpaired) electrons. The topological polar surface area (TPSA) is 90.0 Å². The van der Waals surface area contributed by atoms with E-state index in [0.717, 1.165) is 82.3 Å². The quantitative estimate of drug-likeness (QED) is 0.650. The molecule has 0 aromatic carbocycles. The second-order valence-corrected chi connectivity index (χ2v) is 10.4. The third-order valence-electron chi connectivity index (χ3n) is 8.29. The van der Waals surface area contributed by atoms with Crippen LogP contribution >= 0.6 is 0 Å². The average molecular weight is 450 g/mol. The number of aryl methyl sites for hydroxylation is 1. The van der Waals surface area contributed by atoms with Gasteiger partial charge in [0.15, 0.2) is 0 Å². The van der Waals surface area contributed by atoms with Crippen molar-refractivity contribution in [2.75, 3.05) is 29.9 Å². The zero-order chi connectivity index (χ0) is 22.2. The van der Waals surface area contributed by atoms with E-state index in [1.807, 2.05) is 11.1 Å². The summed E-state index contributed by atoms with van der Waals surface area (Å²) in [6.45, 7) is 2.74. The maximum atomic E-state index is 11.4. The zero-order valence-electron chi connectivity index (χ0n) is 19.4. The Morgan fingerprint density at radius 2 is 1.88 bits per heavy atom. The van der Waals surface area contributed by atoms with Gasteiger partial charge in [0.1, 0.15) is 5.82 Å². The third-order valence-corrected chi connectivity index (χ3v) is 8.29. The van der Waals surface area contributed by atoms with E-state index in [2.05, 4.69) is 20.2 Å². The summed E-state index contributed by atoms with van der Waals surface area (Å²) in [5, 5.41) is 3.52. The van der Waals surface area contributed by atoms with Crippen LogP contribution in [0, 0.1) is 5.92 Å². The van der Waals surface area contributed by atoms with Crippen molar-refractivity contribution < 1.29 is 4.79 Å². The number of anilines is 3. The summed E-state index contributed by atoms with van der Waals surface area (Å²) in [5.74, 6) is 3.68. The molecule has 8 nitrogen and oxygen atoms in total. The molecule has 33 heavy (non-hydrogen) atoms. The van der Waals surface area contributed by atoms with E-state index < -0.39 is 0 Å². The van der Waals surface area contributed by atoms with Crippen molar-refractivity contribution in [1.29, 1.82) is 0 Å². The van der Waals surface area contributed by atoms with Crippen molar-refractivity contribution in [3.63, 3.8) is 0 Å². The molecule has 1 saturated carbocycles. The monoisotopic (exact) mass is 449 g/mol. The molecule has 3 fully saturated rings. The van der Waals surface area contributed by atoms with Gasteiger partial charge in [-0.1, -0.05) is 12.8 Å². The van der Waals surface area contributed by atoms with E-state index in [-0.39, 0.29) is 0 Å². The Kier molecular flexibility index (Phi) is 5.68. The van der Waals surface area contributed by atoms with Crippen LogP contribution in [-0.2, 0) is 17.6 Å². The van der Waals surface area contributed by atoms with Crippen LogP contribution in [0.4, 0.5) is 17.7 Å². The maximum absolute atomic E-state index is 11.4. The maximum Gasteiger partial charge on any atom is 0.227 e. The van der Waals surface area contributed by atoms with Crippen LogP contribution in [0.15, 0.2) is 6.20 Å². The van der Waals surface area contributed by atoms with Gasteiger partial charge in [-0.15, -0.1) is 0 Å². The average Bonchev–Trinajstić information content (AvgIpc) is 3.65. The minimum Gasteiger partial charge on any atom is -0.345 e. The smallest absolute Gasteiger partial charge is 0.227 e. The van der Waals surface area contributed by atoms with Crippen LogP contribution < -0.4 is 10.2 Å². The minimum atomic E-state index is 0.414. The van der Waals surface area contributed by atoms with Gasteiger partial charge in [0.05, 0.1) is 11.9 Å². The molecule has 0 spiro atoms. The number of likely N-dealkylation sites (tertiary alicyclic amines) is 1. The molecule has 2 aromatic rings. The number of H-pyrrole nitrogens is 1. The Morgan fingerprint density at radius 1 is 1.00 bits per heavy atom. The van der Waals surface area contributed by atoms with Gasteiger partial charge < -0.3 is 20.1 Å². The Balaban J connectivity index is 1.26. The largest absolute Gasteiger partial charge is 0.345 e. The van der Waals surface area contributed by atoms with Crippen LogP contribution in [0.1, 0.15) is 80.7 Å². The summed E-state index contributed by atoms with van der Waals surface area (Å²) in [4.78, 5) is 34.0. The second-order valence-electron chi connectivity index (χ2n) is 10.4. The number of hydrogen-bond donors (Lipinski definition) is 2. The van der Waals surface area contributed by atoms with Crippen molar-refractivity contribution >= 4 is 24.1 Å². The SMILES string of the molecule is O=CN1CCCC(C2CCCN2c2nc3c(c(Nc4ncc(C5CCCC5)[nH]4)n2)CCC3)C1. The van der Waals surface area contributed by atoms with Gasteiger partial charge >= 0.3 is 0 Å². The van der Waals surface area contributed by atoms with Crippen molar-refractivity contribution in [3.8, 4) is 0 Å². The van der Waals surface area contributed by atoms with E-state index in [9.17, 15) is 4.79 Å². The molecule has 6 rings (SSSR count). The molecule has 4 aliphatic rings. The van der Waals surface area contributed by atoms with Crippen LogP contribution in [0.5, 0.6) is 0 Å². The van der Waals surface area contributed by atoms with E-state index in [0.29, 0.717) is 17.9 Å². The lowest BCUT2D eigenvalue weighted by Gasteiger charge is -2.37. The summed E-state index contributed by atoms with van der Waals surface area (Å²) >= 11 is 0. The lowest BCUT2D eigenvalue weighted by atomic mass is 9.89. The number of aromatic nitrogens is 4. The fraction of sp³-hybridized carbons (Fsp3) is 0.680. The summed E-state index contributed by atoms with van der Waals surface area (Å²) < 4.78 is 0. The summed E-state index contributed by atoms with van der Waals surface area (Å²) in [5.41, 5.74) is 3.68. The van der Waals surface area contributed by atoms with E-state index in [4.69, 9.17) is 9.97 Å². The predicted octanol–water partition coefficient (Wildman–Crippen LogP) is 3.93. The molecule has 2 aromatic heterocycles. The highest BCUT2D eigenvalue weighted by Gasteiger charge is 2.36. The van der Waals surface area contributed by atoms with Crippen molar-refractivity contribution in [2.24, 2.45) is 5.92 Å². The number of nitrogens with zero attached hydrogens (tertiary/aromatic N) is 5. The lowest BCUT2D eigenvalue weighted by Crippen LogP contribution is -2.45. The number of hydrogen-bond acceptors (Lipinski definition) is 6. The molecule has 2 atom stereocenters. The first-order chi connectivity index (χ1) is 16.3. The molecule has 2 aliphatic heterocycles. The molecule has 8 heteroatoms. The van der Waals surface area contributed by atoms with E-state index >= 15 is 0 Å². The lowest BCUT2D eigenvalue weighted by molar-refractivity contribution is -0.119. The van der Waals surface area contributed by atoms with Crippen molar-refractivity contribution in [3.05, 3.63) is 23.1 Å². The van der Waals surface area contributed by atoms with Crippen LogP contribution in [0.3, 0.4) is 0 Å². The Hall–Kier alpha value is -2.64. The molecule has 176 valence electrons. The molecule has 4 heterocycles. The number of fused-ring (bicyclic) bond motifs is 1. The van der Waals surface area contributed by atoms with Gasteiger partial charge in [-0.2, -0.15) is 4.98 Å². The predicted molar refractivity (Wildman–Crippen MR) is 128 cm³/mol. The Morgan fingerprint density at radius 3 is 2.76 bits per heavy atom. The molecular weight excluding hydrogens is 414 g/mol. The van der Waals surface area contributed by atoms with Crippen LogP contribution in [0.2, 0.25) is 0 Å². The van der Waals surface area contributed by atoms with Crippen molar-refractivity contribution in [1.82, 2.24) is 24.8 Å². The number of carbonyl (C=O) groups is 1. The summed E-state index contributed by atoms with van der Waals surface area (Å²) in [7, 11) is 0. The van der Waals surface area contributed by atoms with Gasteiger partial charge in [0, 0.05) is 42.9 Å². The third kappa shape index (κ3) is 4.08. The Labute approximate surface area is 195 Å². The number of nitrogens with one attached hydrogen (secondary N) is 2. The van der Waals surface area contributed by atoms with Gasteiger partial charge in [0.2, 0.25) is 18.3 Å². The van der Waals surface area contributed by atoms with E-state index in [1.54, 1.807) is 0 Å². The normalized spacial score (nSPS) is 25.6. The van der Waals surface area contributed by atoms with Gasteiger partial charge in [-0.3, -0.25) is 4.79 Å². The molecule has 2 N–H and O–H groups in total. The molecule has 2 saturated heterocycles. The number of piperidine rings is 1. The van der Waals surface area contributed by atoms with Crippen LogP contribution in [0.25, 0.3) is 0 Å². The highest BCUT2D eigenvalue weighted by molar-refractivity contribution is 5.59. The molecule has 0 bridgehead atoms. The summed E-state index contributed by atoms with van der Waals surface area (Å²) in [6.07, 6.45) is 15.9. The molecule has 2 unspecified atom stereocenters. The zero-order valence-corrected chi connectivity index (χ0v) is 19.4. The van der Waals surface area contributed by atoms with Gasteiger partial charge in [-0.25, -0.2) is 9.97 Å². The fourth-order valence-corrected chi connectivity index (χ4v) is 6.59. The first kappa shape index (κ1) is 20.9. The molecule has 2 aliphatic carbocycles. The first-order valence-corrected chi connectivity index (χ1v) is 13.0. The summed E-state index contributed by atoms with van der Waals surface area (Å²) in [6, 6.07) is 0.414. The fourth-order valence-electron chi connectivity index (χ4n) is 6.59. The molecule has 1 amide bonds. The standard InChI is InChI=1S/C25H35N7O/c33-16-31-12-4-8-18(15-31)22-11-5-13-32(22)25-28-20-10-3-9-19(20)23(30-25)29-24-26-14-21(27-24)17-6-1-2-7-17/h14,16-18,22H,1-13,15H2,(H2,26,27,28,29,30). The number of amides is 1. The minimum absolute atomic E-state index is 0.414. The molecular formula is C25H35N7O. The second kappa shape index (κ2) is 8.95. The highest BCUT2D eigenvalue weighted by atomic mass is 16.1. The Bertz CT molecular complexity index is 999. The number of carbonyl (C=O) groups excluding carboxylic acids is 1. The van der Waals surface area contributed by atoms with E-state index in [1.165, 1.54) is 49.1 Å². The number of imidazole rings is 1. The number of aromatic amines is 1. The van der Waals surface area contributed by atoms with Crippen LogP contribution in [-0.4, -0.2) is 56.9 Å². The first-order valence-electron chi connectivity index (χ1n) is 13.0. The van der Waals surface area contributed by atoms with Gasteiger partial charge in [-0.05, 0) is 63.7 Å². The highest BCUT2D eigenvalue weighted by Crippen LogP contribution is 2.37.